The third kappa shape index (κ3) is 5.00. The number of hydrogen-bond acceptors (Lipinski definition) is 6. The topological polar surface area (TPSA) is 101 Å². The zero-order chi connectivity index (χ0) is 24.3. The number of halogens is 2. The molecule has 34 heavy (non-hydrogen) atoms. The van der Waals surface area contributed by atoms with E-state index in [9.17, 15) is 23.2 Å². The lowest BCUT2D eigenvalue weighted by Crippen LogP contribution is -2.50. The molecule has 0 radical (unpaired) electrons. The lowest BCUT2D eigenvalue weighted by Gasteiger charge is -2.34. The Labute approximate surface area is 195 Å². The minimum Gasteiger partial charge on any atom is -0.465 e. The van der Waals surface area contributed by atoms with E-state index >= 15 is 0 Å². The molecule has 2 aromatic rings. The Morgan fingerprint density at radius 1 is 1.15 bits per heavy atom. The van der Waals surface area contributed by atoms with Gasteiger partial charge in [0.25, 0.3) is 5.91 Å². The number of aromatic nitrogens is 1. The fourth-order valence-corrected chi connectivity index (χ4v) is 4.20. The van der Waals surface area contributed by atoms with Gasteiger partial charge in [-0.2, -0.15) is 4.39 Å². The van der Waals surface area contributed by atoms with E-state index in [2.05, 4.69) is 15.6 Å². The number of nitrogens with zero attached hydrogens (tertiary/aromatic N) is 2. The van der Waals surface area contributed by atoms with Crippen LogP contribution in [0.2, 0.25) is 0 Å². The predicted octanol–water partition coefficient (Wildman–Crippen LogP) is 2.44. The Morgan fingerprint density at radius 2 is 1.88 bits per heavy atom. The van der Waals surface area contributed by atoms with Crippen LogP contribution in [0.1, 0.15) is 46.4 Å². The Bertz CT molecular complexity index is 1080. The predicted molar refractivity (Wildman–Crippen MR) is 119 cm³/mol. The number of carbonyl (C=O) groups is 3. The zero-order valence-corrected chi connectivity index (χ0v) is 18.8. The summed E-state index contributed by atoms with van der Waals surface area (Å²) in [5.74, 6) is -2.51. The Kier molecular flexibility index (Phi) is 6.76. The number of ether oxygens (including phenoxy) is 1. The number of hydrogen-bond donors (Lipinski definition) is 2. The molecule has 0 spiro atoms. The molecule has 1 aliphatic carbocycles. The molecule has 2 heterocycles. The van der Waals surface area contributed by atoms with Gasteiger partial charge in [-0.05, 0) is 55.9 Å². The summed E-state index contributed by atoms with van der Waals surface area (Å²) in [6.45, 7) is 1.66. The van der Waals surface area contributed by atoms with Crippen molar-refractivity contribution in [3.05, 3.63) is 59.4 Å². The fourth-order valence-electron chi connectivity index (χ4n) is 4.20. The van der Waals surface area contributed by atoms with Gasteiger partial charge >= 0.3 is 5.97 Å². The zero-order valence-electron chi connectivity index (χ0n) is 18.8. The van der Waals surface area contributed by atoms with E-state index in [1.54, 1.807) is 12.1 Å². The molecule has 4 rings (SSSR count). The number of benzene rings is 1. The van der Waals surface area contributed by atoms with E-state index in [1.165, 1.54) is 19.2 Å². The van der Waals surface area contributed by atoms with Gasteiger partial charge in [0.15, 0.2) is 0 Å². The lowest BCUT2D eigenvalue weighted by molar-refractivity contribution is -0.124. The SMILES string of the molecule is COC(=O)c1c(F)cccc1N1CCC(CNC(=O)C2(NC(=O)c3ccc(F)nc3)CC2)CC1. The molecule has 2 aliphatic rings. The van der Waals surface area contributed by atoms with Crippen molar-refractivity contribution < 1.29 is 27.9 Å². The second-order valence-electron chi connectivity index (χ2n) is 8.67. The van der Waals surface area contributed by atoms with Crippen LogP contribution in [0.5, 0.6) is 0 Å². The molecule has 10 heteroatoms. The largest absolute Gasteiger partial charge is 0.465 e. The lowest BCUT2D eigenvalue weighted by atomic mass is 9.95. The van der Waals surface area contributed by atoms with Gasteiger partial charge in [0.1, 0.15) is 16.9 Å². The van der Waals surface area contributed by atoms with E-state index in [0.29, 0.717) is 38.2 Å². The molecule has 0 bridgehead atoms. The molecular weight excluding hydrogens is 446 g/mol. The van der Waals surface area contributed by atoms with Crippen molar-refractivity contribution in [2.75, 3.05) is 31.6 Å². The maximum Gasteiger partial charge on any atom is 0.342 e. The summed E-state index contributed by atoms with van der Waals surface area (Å²) in [6.07, 6.45) is 3.70. The third-order valence-corrected chi connectivity index (χ3v) is 6.41. The van der Waals surface area contributed by atoms with Crippen molar-refractivity contribution >= 4 is 23.5 Å². The third-order valence-electron chi connectivity index (χ3n) is 6.41. The number of anilines is 1. The summed E-state index contributed by atoms with van der Waals surface area (Å²) in [4.78, 5) is 42.6. The average Bonchev–Trinajstić information content (AvgIpc) is 3.63. The van der Waals surface area contributed by atoms with Crippen LogP contribution < -0.4 is 15.5 Å². The molecule has 2 N–H and O–H groups in total. The highest BCUT2D eigenvalue weighted by atomic mass is 19.1. The van der Waals surface area contributed by atoms with E-state index in [1.807, 2.05) is 4.90 Å². The summed E-state index contributed by atoms with van der Waals surface area (Å²) in [6, 6.07) is 6.92. The Balaban J connectivity index is 1.29. The van der Waals surface area contributed by atoms with E-state index in [-0.39, 0.29) is 23.0 Å². The number of pyridine rings is 1. The van der Waals surface area contributed by atoms with Crippen LogP contribution >= 0.6 is 0 Å². The highest BCUT2D eigenvalue weighted by Crippen LogP contribution is 2.36. The molecule has 8 nitrogen and oxygen atoms in total. The van der Waals surface area contributed by atoms with Crippen LogP contribution in [0.15, 0.2) is 36.5 Å². The normalized spacial score (nSPS) is 17.1. The summed E-state index contributed by atoms with van der Waals surface area (Å²) in [7, 11) is 1.22. The molecule has 0 atom stereocenters. The summed E-state index contributed by atoms with van der Waals surface area (Å²) in [5, 5.41) is 5.69. The molecule has 1 saturated carbocycles. The van der Waals surface area contributed by atoms with Crippen molar-refractivity contribution in [1.29, 1.82) is 0 Å². The number of methoxy groups -OCH3 is 1. The number of esters is 1. The van der Waals surface area contributed by atoms with Gasteiger partial charge in [0.2, 0.25) is 11.9 Å². The first-order valence-electron chi connectivity index (χ1n) is 11.2. The maximum atomic E-state index is 14.2. The summed E-state index contributed by atoms with van der Waals surface area (Å²) < 4.78 is 31.9. The number of amides is 2. The van der Waals surface area contributed by atoms with Crippen LogP contribution in [-0.4, -0.2) is 55.1 Å². The van der Waals surface area contributed by atoms with Crippen molar-refractivity contribution in [3.63, 3.8) is 0 Å². The van der Waals surface area contributed by atoms with Crippen LogP contribution in [-0.2, 0) is 9.53 Å². The van der Waals surface area contributed by atoms with Gasteiger partial charge in [-0.15, -0.1) is 0 Å². The van der Waals surface area contributed by atoms with Gasteiger partial charge < -0.3 is 20.3 Å². The standard InChI is InChI=1S/C24H26F2N4O4/c1-34-22(32)20-17(25)3-2-4-18(20)30-11-7-15(8-12-30)13-28-23(33)24(9-10-24)29-21(31)16-5-6-19(26)27-14-16/h2-6,14-15H,7-13H2,1H3,(H,28,33)(H,29,31). The number of carbonyl (C=O) groups excluding carboxylic acids is 3. The maximum absolute atomic E-state index is 14.2. The minimum atomic E-state index is -0.941. The van der Waals surface area contributed by atoms with Crippen molar-refractivity contribution in [3.8, 4) is 0 Å². The molecule has 180 valence electrons. The van der Waals surface area contributed by atoms with Crippen LogP contribution in [0, 0.1) is 17.7 Å². The monoisotopic (exact) mass is 472 g/mol. The molecule has 1 saturated heterocycles. The summed E-state index contributed by atoms with van der Waals surface area (Å²) in [5.41, 5.74) is -0.316. The average molecular weight is 472 g/mol. The summed E-state index contributed by atoms with van der Waals surface area (Å²) >= 11 is 0. The van der Waals surface area contributed by atoms with Crippen molar-refractivity contribution in [1.82, 2.24) is 15.6 Å². The van der Waals surface area contributed by atoms with Gasteiger partial charge in [-0.25, -0.2) is 14.2 Å². The van der Waals surface area contributed by atoms with Gasteiger partial charge in [-0.3, -0.25) is 9.59 Å². The number of rotatable bonds is 7. The smallest absolute Gasteiger partial charge is 0.342 e. The second kappa shape index (κ2) is 9.74. The minimum absolute atomic E-state index is 0.0699. The first-order chi connectivity index (χ1) is 16.3. The Morgan fingerprint density at radius 3 is 2.50 bits per heavy atom. The molecule has 1 aromatic carbocycles. The number of piperidine rings is 1. The van der Waals surface area contributed by atoms with Crippen LogP contribution in [0.25, 0.3) is 0 Å². The van der Waals surface area contributed by atoms with E-state index in [4.69, 9.17) is 4.74 Å². The van der Waals surface area contributed by atoms with Gasteiger partial charge in [-0.1, -0.05) is 6.07 Å². The van der Waals surface area contributed by atoms with E-state index < -0.39 is 29.2 Å². The Hall–Kier alpha value is -3.56. The molecule has 0 unspecified atom stereocenters. The quantitative estimate of drug-likeness (QED) is 0.474. The van der Waals surface area contributed by atoms with Crippen LogP contribution in [0.4, 0.5) is 14.5 Å². The second-order valence-corrected chi connectivity index (χ2v) is 8.67. The molecule has 1 aliphatic heterocycles. The number of nitrogens with one attached hydrogen (secondary N) is 2. The van der Waals surface area contributed by atoms with Crippen molar-refractivity contribution in [2.45, 2.75) is 31.2 Å². The van der Waals surface area contributed by atoms with Gasteiger partial charge in [0, 0.05) is 25.8 Å². The molecule has 1 aromatic heterocycles. The highest BCUT2D eigenvalue weighted by molar-refractivity contribution is 6.00. The highest BCUT2D eigenvalue weighted by Gasteiger charge is 2.51. The first kappa shape index (κ1) is 23.6. The molecule has 2 fully saturated rings. The molecule has 2 amide bonds. The van der Waals surface area contributed by atoms with Crippen molar-refractivity contribution in [2.24, 2.45) is 5.92 Å². The fraction of sp³-hybridized carbons (Fsp3) is 0.417. The van der Waals surface area contributed by atoms with Gasteiger partial charge in [0.05, 0.1) is 18.4 Å². The molecular formula is C24H26F2N4O4. The first-order valence-corrected chi connectivity index (χ1v) is 11.2. The van der Waals surface area contributed by atoms with Crippen LogP contribution in [0.3, 0.4) is 0 Å². The van der Waals surface area contributed by atoms with E-state index in [0.717, 1.165) is 25.1 Å².